The molecule has 0 fully saturated rings. The fraction of sp³-hybridized carbons (Fsp3) is 0.263. The van der Waals surface area contributed by atoms with E-state index in [1.807, 2.05) is 42.5 Å². The minimum absolute atomic E-state index is 0.218. The minimum atomic E-state index is -1.07. The molecule has 2 aromatic rings. The molecule has 0 aliphatic heterocycles. The normalized spacial score (nSPS) is 11.5. The molecule has 24 heavy (non-hydrogen) atoms. The van der Waals surface area contributed by atoms with Gasteiger partial charge in [0.1, 0.15) is 11.8 Å². The van der Waals surface area contributed by atoms with Gasteiger partial charge in [0.2, 0.25) is 0 Å². The number of carbonyl (C=O) groups is 2. The highest BCUT2D eigenvalue weighted by Crippen LogP contribution is 2.12. The molecule has 0 saturated heterocycles. The number of carboxylic acids is 1. The van der Waals surface area contributed by atoms with Crippen LogP contribution in [0.3, 0.4) is 0 Å². The van der Waals surface area contributed by atoms with Crippen molar-refractivity contribution in [1.29, 1.82) is 0 Å². The number of carboxylic acid groups (broad SMARTS) is 1. The van der Waals surface area contributed by atoms with E-state index in [1.54, 1.807) is 12.1 Å². The largest absolute Gasteiger partial charge is 0.484 e. The van der Waals surface area contributed by atoms with E-state index < -0.39 is 17.9 Å². The molecule has 2 rings (SSSR count). The van der Waals surface area contributed by atoms with Gasteiger partial charge in [-0.25, -0.2) is 4.79 Å². The van der Waals surface area contributed by atoms with Crippen molar-refractivity contribution >= 4 is 11.9 Å². The molecule has 0 aromatic heterocycles. The van der Waals surface area contributed by atoms with Gasteiger partial charge in [0, 0.05) is 6.42 Å². The predicted molar refractivity (Wildman–Crippen MR) is 91.0 cm³/mol. The maximum Gasteiger partial charge on any atom is 0.326 e. The molecular weight excluding hydrogens is 306 g/mol. The van der Waals surface area contributed by atoms with Crippen molar-refractivity contribution in [3.63, 3.8) is 0 Å². The van der Waals surface area contributed by atoms with E-state index in [1.165, 1.54) is 5.56 Å². The molecule has 2 aromatic carbocycles. The van der Waals surface area contributed by atoms with Crippen molar-refractivity contribution in [2.24, 2.45) is 0 Å². The Morgan fingerprint density at radius 1 is 1.04 bits per heavy atom. The van der Waals surface area contributed by atoms with E-state index >= 15 is 0 Å². The number of aryl methyl sites for hydroxylation is 1. The summed E-state index contributed by atoms with van der Waals surface area (Å²) in [5.41, 5.74) is 2.03. The van der Waals surface area contributed by atoms with Gasteiger partial charge in [0.25, 0.3) is 5.91 Å². The molecule has 126 valence electrons. The first-order chi connectivity index (χ1) is 11.6. The Hall–Kier alpha value is -2.82. The molecule has 0 bridgehead atoms. The maximum absolute atomic E-state index is 11.9. The second-order valence-electron chi connectivity index (χ2n) is 5.43. The molecule has 5 nitrogen and oxygen atoms in total. The molecule has 1 amide bonds. The Labute approximate surface area is 141 Å². The summed E-state index contributed by atoms with van der Waals surface area (Å²) in [6.45, 7) is 1.84. The Balaban J connectivity index is 1.87. The second-order valence-corrected chi connectivity index (χ2v) is 5.43. The number of ether oxygens (including phenoxy) is 1. The van der Waals surface area contributed by atoms with Crippen LogP contribution in [0.25, 0.3) is 0 Å². The Morgan fingerprint density at radius 3 is 2.29 bits per heavy atom. The molecule has 0 spiro atoms. The van der Waals surface area contributed by atoms with Crippen LogP contribution in [0.4, 0.5) is 0 Å². The van der Waals surface area contributed by atoms with E-state index in [0.717, 1.165) is 12.0 Å². The first kappa shape index (κ1) is 17.5. The molecule has 1 atom stereocenters. The highest BCUT2D eigenvalue weighted by Gasteiger charge is 2.20. The topological polar surface area (TPSA) is 75.6 Å². The fourth-order valence-electron chi connectivity index (χ4n) is 2.26. The molecule has 0 radical (unpaired) electrons. The van der Waals surface area contributed by atoms with Gasteiger partial charge in [-0.2, -0.15) is 0 Å². The number of aliphatic carboxylic acids is 1. The molecular formula is C19H21NO4. The van der Waals surface area contributed by atoms with Gasteiger partial charge in [0.15, 0.2) is 6.61 Å². The van der Waals surface area contributed by atoms with Crippen LogP contribution in [0.15, 0.2) is 54.6 Å². The summed E-state index contributed by atoms with van der Waals surface area (Å²) in [5, 5.41) is 11.8. The van der Waals surface area contributed by atoms with Gasteiger partial charge in [-0.3, -0.25) is 4.79 Å². The van der Waals surface area contributed by atoms with E-state index in [0.29, 0.717) is 5.75 Å². The monoisotopic (exact) mass is 327 g/mol. The zero-order valence-electron chi connectivity index (χ0n) is 13.6. The summed E-state index contributed by atoms with van der Waals surface area (Å²) < 4.78 is 5.39. The van der Waals surface area contributed by atoms with E-state index in [4.69, 9.17) is 4.74 Å². The molecule has 0 aliphatic carbocycles. The molecule has 0 saturated carbocycles. The summed E-state index contributed by atoms with van der Waals surface area (Å²) in [6, 6.07) is 15.7. The van der Waals surface area contributed by atoms with E-state index in [9.17, 15) is 14.7 Å². The number of carbonyl (C=O) groups excluding carboxylic acids is 1. The first-order valence-electron chi connectivity index (χ1n) is 7.86. The Kier molecular flexibility index (Phi) is 6.37. The van der Waals surface area contributed by atoms with Crippen molar-refractivity contribution in [2.45, 2.75) is 25.8 Å². The predicted octanol–water partition coefficient (Wildman–Crippen LogP) is 2.44. The number of hydrogen-bond donors (Lipinski definition) is 2. The van der Waals surface area contributed by atoms with Crippen molar-refractivity contribution in [2.75, 3.05) is 6.61 Å². The average molecular weight is 327 g/mol. The third kappa shape index (κ3) is 5.43. The van der Waals surface area contributed by atoms with Gasteiger partial charge in [-0.05, 0) is 29.7 Å². The summed E-state index contributed by atoms with van der Waals surface area (Å²) in [7, 11) is 0. The van der Waals surface area contributed by atoms with Crippen LogP contribution in [0, 0.1) is 0 Å². The van der Waals surface area contributed by atoms with E-state index in [2.05, 4.69) is 12.2 Å². The third-order valence-electron chi connectivity index (χ3n) is 3.62. The highest BCUT2D eigenvalue weighted by molar-refractivity contribution is 5.84. The quantitative estimate of drug-likeness (QED) is 0.781. The Morgan fingerprint density at radius 2 is 1.71 bits per heavy atom. The zero-order valence-corrected chi connectivity index (χ0v) is 13.6. The smallest absolute Gasteiger partial charge is 0.326 e. The average Bonchev–Trinajstić information content (AvgIpc) is 2.60. The van der Waals surface area contributed by atoms with Gasteiger partial charge in [-0.1, -0.05) is 49.4 Å². The number of amides is 1. The summed E-state index contributed by atoms with van der Waals surface area (Å²) in [5.74, 6) is -0.949. The maximum atomic E-state index is 11.9. The zero-order chi connectivity index (χ0) is 17.4. The number of rotatable bonds is 8. The number of benzene rings is 2. The molecule has 2 N–H and O–H groups in total. The molecule has 5 heteroatoms. The Bertz CT molecular complexity index is 668. The SMILES string of the molecule is CCc1ccc(OCC(=O)N[C@H](Cc2ccccc2)C(=O)O)cc1. The summed E-state index contributed by atoms with van der Waals surface area (Å²) >= 11 is 0. The fourth-order valence-corrected chi connectivity index (χ4v) is 2.26. The van der Waals surface area contributed by atoms with Crippen molar-refractivity contribution in [1.82, 2.24) is 5.32 Å². The van der Waals surface area contributed by atoms with Gasteiger partial charge in [-0.15, -0.1) is 0 Å². The van der Waals surface area contributed by atoms with Crippen LogP contribution in [0.1, 0.15) is 18.1 Å². The lowest BCUT2D eigenvalue weighted by Gasteiger charge is -2.15. The number of nitrogens with one attached hydrogen (secondary N) is 1. The van der Waals surface area contributed by atoms with Crippen molar-refractivity contribution < 1.29 is 19.4 Å². The number of hydrogen-bond acceptors (Lipinski definition) is 3. The first-order valence-corrected chi connectivity index (χ1v) is 7.86. The minimum Gasteiger partial charge on any atom is -0.484 e. The van der Waals surface area contributed by atoms with Gasteiger partial charge in [0.05, 0.1) is 0 Å². The molecule has 0 unspecified atom stereocenters. The second kappa shape index (κ2) is 8.72. The van der Waals surface area contributed by atoms with Gasteiger partial charge >= 0.3 is 5.97 Å². The highest BCUT2D eigenvalue weighted by atomic mass is 16.5. The standard InChI is InChI=1S/C19H21NO4/c1-2-14-8-10-16(11-9-14)24-13-18(21)20-17(19(22)23)12-15-6-4-3-5-7-15/h3-11,17H,2,12-13H2,1H3,(H,20,21)(H,22,23)/t17-/m1/s1. The summed E-state index contributed by atoms with van der Waals surface area (Å²) in [4.78, 5) is 23.3. The summed E-state index contributed by atoms with van der Waals surface area (Å²) in [6.07, 6.45) is 1.16. The lowest BCUT2D eigenvalue weighted by Crippen LogP contribution is -2.44. The molecule has 0 aliphatic rings. The van der Waals surface area contributed by atoms with Crippen LogP contribution < -0.4 is 10.1 Å². The lowest BCUT2D eigenvalue weighted by atomic mass is 10.1. The lowest BCUT2D eigenvalue weighted by molar-refractivity contribution is -0.142. The third-order valence-corrected chi connectivity index (χ3v) is 3.62. The van der Waals surface area contributed by atoms with Crippen LogP contribution in [-0.2, 0) is 22.4 Å². The molecule has 0 heterocycles. The van der Waals surface area contributed by atoms with Crippen LogP contribution >= 0.6 is 0 Å². The van der Waals surface area contributed by atoms with Crippen LogP contribution in [0.2, 0.25) is 0 Å². The van der Waals surface area contributed by atoms with Crippen LogP contribution in [-0.4, -0.2) is 29.6 Å². The van der Waals surface area contributed by atoms with E-state index in [-0.39, 0.29) is 13.0 Å². The van der Waals surface area contributed by atoms with Gasteiger partial charge < -0.3 is 15.2 Å². The van der Waals surface area contributed by atoms with Crippen molar-refractivity contribution in [3.05, 3.63) is 65.7 Å². The van der Waals surface area contributed by atoms with Crippen molar-refractivity contribution in [3.8, 4) is 5.75 Å². The van der Waals surface area contributed by atoms with Crippen LogP contribution in [0.5, 0.6) is 5.75 Å².